The lowest BCUT2D eigenvalue weighted by Crippen LogP contribution is -2.19. The molecule has 1 aromatic rings. The van der Waals surface area contributed by atoms with Gasteiger partial charge in [-0.05, 0) is 69.4 Å². The van der Waals surface area contributed by atoms with Gasteiger partial charge in [0, 0.05) is 17.6 Å². The smallest absolute Gasteiger partial charge is 0.340 e. The molecule has 6 heteroatoms. The molecule has 0 radical (unpaired) electrons. The number of hydrogen-bond donors (Lipinski definition) is 0. The Kier molecular flexibility index (Phi) is 6.80. The van der Waals surface area contributed by atoms with Crippen molar-refractivity contribution in [3.05, 3.63) is 59.1 Å². The second-order valence-electron chi connectivity index (χ2n) is 7.38. The zero-order valence-electron chi connectivity index (χ0n) is 17.9. The Labute approximate surface area is 177 Å². The van der Waals surface area contributed by atoms with Crippen LogP contribution in [0.15, 0.2) is 53.5 Å². The molecule has 1 saturated carbocycles. The Bertz CT molecular complexity index is 940. The zero-order chi connectivity index (χ0) is 21.7. The summed E-state index contributed by atoms with van der Waals surface area (Å²) < 4.78 is 16.7. The summed E-state index contributed by atoms with van der Waals surface area (Å²) in [6.07, 6.45) is 7.53. The molecule has 1 aliphatic heterocycles. The summed E-state index contributed by atoms with van der Waals surface area (Å²) in [5.74, 6) is 3.28. The zero-order valence-corrected chi connectivity index (χ0v) is 17.9. The lowest BCUT2D eigenvalue weighted by Gasteiger charge is -2.26. The van der Waals surface area contributed by atoms with Crippen LogP contribution in [0.5, 0.6) is 11.5 Å². The average Bonchev–Trinajstić information content (AvgIpc) is 3.56. The van der Waals surface area contributed by atoms with Crippen LogP contribution in [0.3, 0.4) is 0 Å². The van der Waals surface area contributed by atoms with Crippen LogP contribution in [0.25, 0.3) is 5.57 Å². The van der Waals surface area contributed by atoms with Gasteiger partial charge in [0.05, 0.1) is 31.5 Å². The van der Waals surface area contributed by atoms with Crippen LogP contribution in [0.1, 0.15) is 39.2 Å². The molecule has 0 unspecified atom stereocenters. The van der Waals surface area contributed by atoms with E-state index in [1.165, 1.54) is 12.8 Å². The molecule has 0 atom stereocenters. The maximum absolute atomic E-state index is 12.8. The molecule has 0 aromatic heterocycles. The number of hydrogen-bond acceptors (Lipinski definition) is 6. The number of benzene rings is 1. The number of rotatable bonds is 8. The van der Waals surface area contributed by atoms with Crippen LogP contribution in [0.4, 0.5) is 0 Å². The number of nitrogens with zero attached hydrogens (tertiary/aromatic N) is 1. The molecule has 0 saturated heterocycles. The lowest BCUT2D eigenvalue weighted by atomic mass is 10.0. The van der Waals surface area contributed by atoms with E-state index in [4.69, 9.17) is 14.2 Å². The van der Waals surface area contributed by atoms with E-state index in [0.717, 1.165) is 11.4 Å². The van der Waals surface area contributed by atoms with Gasteiger partial charge in [-0.3, -0.25) is 0 Å². The van der Waals surface area contributed by atoms with Gasteiger partial charge in [0.2, 0.25) is 0 Å². The highest BCUT2D eigenvalue weighted by Crippen LogP contribution is 2.35. The molecule has 1 heterocycles. The first-order chi connectivity index (χ1) is 14.5. The summed E-state index contributed by atoms with van der Waals surface area (Å²) >= 11 is 0. The normalized spacial score (nSPS) is 16.5. The third kappa shape index (κ3) is 5.02. The minimum atomic E-state index is -0.437. The number of methoxy groups -OCH3 is 1. The highest BCUT2D eigenvalue weighted by atomic mass is 16.5. The molecule has 1 aromatic carbocycles. The molecule has 30 heavy (non-hydrogen) atoms. The predicted octanol–water partition coefficient (Wildman–Crippen LogP) is 4.27. The van der Waals surface area contributed by atoms with E-state index in [2.05, 4.69) is 0 Å². The second-order valence-corrected chi connectivity index (χ2v) is 7.38. The molecular weight excluding hydrogens is 382 g/mol. The molecule has 0 bridgehead atoms. The summed E-state index contributed by atoms with van der Waals surface area (Å²) in [4.78, 5) is 25.7. The van der Waals surface area contributed by atoms with Gasteiger partial charge in [0.25, 0.3) is 0 Å². The fourth-order valence-electron chi connectivity index (χ4n) is 3.20. The van der Waals surface area contributed by atoms with Crippen molar-refractivity contribution in [2.45, 2.75) is 33.6 Å². The van der Waals surface area contributed by atoms with Crippen molar-refractivity contribution in [2.75, 3.05) is 20.3 Å². The standard InChI is InChI=1S/C24H27NO5/c1-5-29-24(27)21(13-25-16(2)10-19(14-26)11-17(25)3)20-8-9-22(28-4)23(12-20)30-15-18-6-7-18/h8-13,18H,5-7,15H2,1-4H3/b21-13-. The SMILES string of the molecule is CCOC(=O)/C(=C\N1C(C)=CC(=C=O)C=C1C)c1ccc(OC)c(OCC2CC2)c1. The maximum atomic E-state index is 12.8. The van der Waals surface area contributed by atoms with Crippen LogP contribution in [-0.2, 0) is 14.3 Å². The number of carbonyl (C=O) groups excluding carboxylic acids is 2. The van der Waals surface area contributed by atoms with Crippen molar-refractivity contribution in [2.24, 2.45) is 5.92 Å². The topological polar surface area (TPSA) is 65.1 Å². The first-order valence-electron chi connectivity index (χ1n) is 10.1. The predicted molar refractivity (Wildman–Crippen MR) is 114 cm³/mol. The molecule has 1 fully saturated rings. The van der Waals surface area contributed by atoms with Crippen LogP contribution in [0.2, 0.25) is 0 Å². The van der Waals surface area contributed by atoms with Crippen LogP contribution < -0.4 is 9.47 Å². The summed E-state index contributed by atoms with van der Waals surface area (Å²) in [5, 5.41) is 0. The first-order valence-corrected chi connectivity index (χ1v) is 10.1. The monoisotopic (exact) mass is 409 g/mol. The van der Waals surface area contributed by atoms with E-state index in [1.54, 1.807) is 38.5 Å². The summed E-state index contributed by atoms with van der Waals surface area (Å²) in [6, 6.07) is 5.41. The third-order valence-corrected chi connectivity index (χ3v) is 5.01. The Hall–Kier alpha value is -3.24. The fourth-order valence-corrected chi connectivity index (χ4v) is 3.20. The molecule has 0 N–H and O–H groups in total. The molecule has 0 amide bonds. The highest BCUT2D eigenvalue weighted by molar-refractivity contribution is 6.16. The average molecular weight is 409 g/mol. The van der Waals surface area contributed by atoms with Crippen molar-refractivity contribution in [3.63, 3.8) is 0 Å². The number of esters is 1. The summed E-state index contributed by atoms with van der Waals surface area (Å²) in [7, 11) is 1.59. The lowest BCUT2D eigenvalue weighted by molar-refractivity contribution is -0.136. The van der Waals surface area contributed by atoms with E-state index in [-0.39, 0.29) is 6.61 Å². The van der Waals surface area contributed by atoms with Crippen molar-refractivity contribution < 1.29 is 23.8 Å². The van der Waals surface area contributed by atoms with Gasteiger partial charge in [0.1, 0.15) is 5.94 Å². The van der Waals surface area contributed by atoms with Gasteiger partial charge >= 0.3 is 5.97 Å². The second kappa shape index (κ2) is 9.51. The molecule has 158 valence electrons. The Balaban J connectivity index is 2.00. The molecular formula is C24H27NO5. The first kappa shape index (κ1) is 21.5. The van der Waals surface area contributed by atoms with E-state index in [9.17, 15) is 9.59 Å². The summed E-state index contributed by atoms with van der Waals surface area (Å²) in [5.41, 5.74) is 3.11. The molecule has 1 aliphatic carbocycles. The van der Waals surface area contributed by atoms with Gasteiger partial charge in [-0.2, -0.15) is 0 Å². The van der Waals surface area contributed by atoms with E-state index < -0.39 is 5.97 Å². The number of allylic oxidation sites excluding steroid dienone is 5. The van der Waals surface area contributed by atoms with Gasteiger partial charge in [-0.25, -0.2) is 9.59 Å². The van der Waals surface area contributed by atoms with Crippen molar-refractivity contribution in [1.29, 1.82) is 0 Å². The van der Waals surface area contributed by atoms with Gasteiger partial charge in [-0.1, -0.05) is 6.07 Å². The number of carbonyl (C=O) groups is 1. The van der Waals surface area contributed by atoms with E-state index >= 15 is 0 Å². The van der Waals surface area contributed by atoms with Crippen LogP contribution >= 0.6 is 0 Å². The Morgan fingerprint density at radius 2 is 1.90 bits per heavy atom. The van der Waals surface area contributed by atoms with Crippen LogP contribution in [-0.4, -0.2) is 37.1 Å². The van der Waals surface area contributed by atoms with Crippen LogP contribution in [0, 0.1) is 5.92 Å². The van der Waals surface area contributed by atoms with Crippen molar-refractivity contribution in [3.8, 4) is 11.5 Å². The minimum absolute atomic E-state index is 0.263. The largest absolute Gasteiger partial charge is 0.493 e. The summed E-state index contributed by atoms with van der Waals surface area (Å²) in [6.45, 7) is 6.40. The van der Waals surface area contributed by atoms with Gasteiger partial charge in [-0.15, -0.1) is 0 Å². The third-order valence-electron chi connectivity index (χ3n) is 5.01. The quantitative estimate of drug-likeness (QED) is 0.363. The van der Waals surface area contributed by atoms with Crippen molar-refractivity contribution in [1.82, 2.24) is 4.90 Å². The molecule has 6 nitrogen and oxygen atoms in total. The number of ether oxygens (including phenoxy) is 3. The molecule has 3 rings (SSSR count). The highest BCUT2D eigenvalue weighted by Gasteiger charge is 2.24. The Morgan fingerprint density at radius 3 is 2.47 bits per heavy atom. The van der Waals surface area contributed by atoms with E-state index in [1.807, 2.05) is 36.8 Å². The van der Waals surface area contributed by atoms with E-state index in [0.29, 0.717) is 40.7 Å². The maximum Gasteiger partial charge on any atom is 0.340 e. The van der Waals surface area contributed by atoms with Crippen molar-refractivity contribution >= 4 is 17.5 Å². The Morgan fingerprint density at radius 1 is 1.20 bits per heavy atom. The molecule has 2 aliphatic rings. The molecule has 0 spiro atoms. The fraction of sp³-hybridized carbons (Fsp3) is 0.375. The minimum Gasteiger partial charge on any atom is -0.493 e. The van der Waals surface area contributed by atoms with Gasteiger partial charge < -0.3 is 19.1 Å². The van der Waals surface area contributed by atoms with Gasteiger partial charge in [0.15, 0.2) is 11.5 Å².